The zero-order valence-electron chi connectivity index (χ0n) is 13.3. The van der Waals surface area contributed by atoms with E-state index in [1.165, 1.54) is 6.33 Å². The molecule has 3 N–H and O–H groups in total. The molecule has 128 valence electrons. The normalized spacial score (nSPS) is 10.0. The second-order valence-electron chi connectivity index (χ2n) is 5.08. The first-order valence-electron chi connectivity index (χ1n) is 7.15. The lowest BCUT2D eigenvalue weighted by Crippen LogP contribution is -1.96. The minimum atomic E-state index is -0.981. The van der Waals surface area contributed by atoms with Crippen LogP contribution in [0, 0.1) is 6.92 Å². The Balaban J connectivity index is 0.000000399. The number of benzene rings is 2. The van der Waals surface area contributed by atoms with Crippen molar-refractivity contribution in [1.29, 1.82) is 0 Å². The largest absolute Gasteiger partial charge is 0.478 e. The molecule has 3 rings (SSSR count). The highest BCUT2D eigenvalue weighted by Gasteiger charge is 2.12. The number of carboxylic acid groups (broad SMARTS) is 1. The molecule has 0 saturated heterocycles. The maximum Gasteiger partial charge on any atom is 0.327 e. The fourth-order valence-electron chi connectivity index (χ4n) is 2.30. The average Bonchev–Trinajstić information content (AvgIpc) is 2.58. The molecule has 0 spiro atoms. The van der Waals surface area contributed by atoms with Gasteiger partial charge < -0.3 is 10.8 Å². The van der Waals surface area contributed by atoms with E-state index in [9.17, 15) is 4.79 Å². The minimum absolute atomic E-state index is 0.458. The number of aryl methyl sites for hydroxylation is 1. The van der Waals surface area contributed by atoms with Gasteiger partial charge in [-0.25, -0.2) is 14.8 Å². The lowest BCUT2D eigenvalue weighted by atomic mass is 9.96. The van der Waals surface area contributed by atoms with Crippen molar-refractivity contribution in [1.82, 2.24) is 9.97 Å². The number of nitrogens with zero attached hydrogens (tertiary/aromatic N) is 2. The molecule has 5 nitrogen and oxygen atoms in total. The predicted molar refractivity (Wildman–Crippen MR) is 102 cm³/mol. The fourth-order valence-corrected chi connectivity index (χ4v) is 2.60. The maximum atomic E-state index is 9.25. The molecule has 1 heterocycles. The molecule has 0 aliphatic carbocycles. The molecule has 0 aliphatic heterocycles. The summed E-state index contributed by atoms with van der Waals surface area (Å²) in [5.74, 6) is -0.523. The number of anilines is 1. The van der Waals surface area contributed by atoms with Gasteiger partial charge in [0, 0.05) is 6.08 Å². The highest BCUT2D eigenvalue weighted by atomic mass is 35.5. The zero-order valence-corrected chi connectivity index (χ0v) is 14.8. The number of rotatable bonds is 2. The van der Waals surface area contributed by atoms with E-state index in [0.29, 0.717) is 15.9 Å². The number of aromatic nitrogens is 2. The molecular weight excluding hydrogens is 361 g/mol. The summed E-state index contributed by atoms with van der Waals surface area (Å²) >= 11 is 12.1. The van der Waals surface area contributed by atoms with E-state index in [1.807, 2.05) is 31.2 Å². The highest BCUT2D eigenvalue weighted by molar-refractivity contribution is 6.42. The number of aliphatic carboxylic acids is 1. The van der Waals surface area contributed by atoms with Crippen LogP contribution in [0.2, 0.25) is 10.0 Å². The fraction of sp³-hybridized carbons (Fsp3) is 0.0556. The Morgan fingerprint density at radius 1 is 1.20 bits per heavy atom. The smallest absolute Gasteiger partial charge is 0.327 e. The Kier molecular flexibility index (Phi) is 5.96. The Bertz CT molecular complexity index is 958. The van der Waals surface area contributed by atoms with Gasteiger partial charge in [0.25, 0.3) is 0 Å². The number of nitrogen functional groups attached to an aromatic ring is 1. The van der Waals surface area contributed by atoms with Crippen LogP contribution in [0.1, 0.15) is 5.56 Å². The number of nitrogens with two attached hydrogens (primary N) is 1. The number of halogens is 2. The summed E-state index contributed by atoms with van der Waals surface area (Å²) in [5.41, 5.74) is 9.84. The number of hydrogen-bond donors (Lipinski definition) is 2. The van der Waals surface area contributed by atoms with Crippen molar-refractivity contribution in [2.75, 3.05) is 5.73 Å². The van der Waals surface area contributed by atoms with Crippen LogP contribution < -0.4 is 5.73 Å². The molecule has 3 aromatic rings. The molecular formula is C18H15Cl2N3O2. The molecule has 2 aromatic carbocycles. The van der Waals surface area contributed by atoms with Crippen molar-refractivity contribution < 1.29 is 9.90 Å². The summed E-state index contributed by atoms with van der Waals surface area (Å²) < 4.78 is 0. The van der Waals surface area contributed by atoms with Gasteiger partial charge in [0.05, 0.1) is 20.9 Å². The van der Waals surface area contributed by atoms with Gasteiger partial charge >= 0.3 is 5.97 Å². The van der Waals surface area contributed by atoms with Gasteiger partial charge in [-0.15, -0.1) is 0 Å². The van der Waals surface area contributed by atoms with E-state index in [-0.39, 0.29) is 0 Å². The minimum Gasteiger partial charge on any atom is -0.478 e. The van der Waals surface area contributed by atoms with Crippen molar-refractivity contribution in [3.8, 4) is 11.1 Å². The second kappa shape index (κ2) is 7.96. The number of carbonyl (C=O) groups is 1. The molecule has 0 aliphatic rings. The van der Waals surface area contributed by atoms with Crippen LogP contribution in [0.4, 0.5) is 5.82 Å². The Hall–Kier alpha value is -2.63. The highest BCUT2D eigenvalue weighted by Crippen LogP contribution is 2.36. The summed E-state index contributed by atoms with van der Waals surface area (Å²) in [7, 11) is 0. The van der Waals surface area contributed by atoms with Gasteiger partial charge in [-0.05, 0) is 41.8 Å². The SMILES string of the molecule is C=CC(=O)O.Cc1ccc2ncnc(N)c2c1-c1ccc(Cl)c(Cl)c1. The number of hydrogen-bond acceptors (Lipinski definition) is 4. The average molecular weight is 376 g/mol. The van der Waals surface area contributed by atoms with Crippen molar-refractivity contribution >= 4 is 45.9 Å². The molecule has 0 amide bonds. The lowest BCUT2D eigenvalue weighted by molar-refractivity contribution is -0.131. The molecule has 0 bridgehead atoms. The van der Waals surface area contributed by atoms with Gasteiger partial charge in [0.2, 0.25) is 0 Å². The standard InChI is InChI=1S/C15H11Cl2N3.C3H4O2/c1-8-2-5-12-14(15(18)20-7-19-12)13(8)9-3-4-10(16)11(17)6-9;1-2-3(4)5/h2-7H,1H3,(H2,18,19,20);2H,1H2,(H,4,5). The van der Waals surface area contributed by atoms with E-state index >= 15 is 0 Å². The van der Waals surface area contributed by atoms with Gasteiger partial charge in [-0.3, -0.25) is 0 Å². The zero-order chi connectivity index (χ0) is 18.6. The molecule has 0 fully saturated rings. The predicted octanol–water partition coefficient (Wildman–Crippen LogP) is 4.75. The molecule has 1 aromatic heterocycles. The quantitative estimate of drug-likeness (QED) is 0.630. The third-order valence-electron chi connectivity index (χ3n) is 3.42. The molecule has 25 heavy (non-hydrogen) atoms. The van der Waals surface area contributed by atoms with E-state index in [2.05, 4.69) is 16.5 Å². The van der Waals surface area contributed by atoms with Gasteiger partial charge in [-0.2, -0.15) is 0 Å². The Morgan fingerprint density at radius 2 is 1.88 bits per heavy atom. The lowest BCUT2D eigenvalue weighted by Gasteiger charge is -2.12. The molecule has 0 atom stereocenters. The van der Waals surface area contributed by atoms with Crippen LogP contribution in [0.5, 0.6) is 0 Å². The van der Waals surface area contributed by atoms with Crippen molar-refractivity contribution in [2.45, 2.75) is 6.92 Å². The van der Waals surface area contributed by atoms with Gasteiger partial charge in [-0.1, -0.05) is 41.9 Å². The first-order valence-corrected chi connectivity index (χ1v) is 7.91. The Morgan fingerprint density at radius 3 is 2.48 bits per heavy atom. The van der Waals surface area contributed by atoms with Crippen LogP contribution in [0.15, 0.2) is 49.3 Å². The number of fused-ring (bicyclic) bond motifs is 1. The van der Waals surface area contributed by atoms with Crippen LogP contribution >= 0.6 is 23.2 Å². The van der Waals surface area contributed by atoms with Crippen molar-refractivity contribution in [3.05, 3.63) is 64.9 Å². The second-order valence-corrected chi connectivity index (χ2v) is 5.90. The Labute approximate surface area is 154 Å². The van der Waals surface area contributed by atoms with Crippen LogP contribution in [-0.2, 0) is 4.79 Å². The number of carboxylic acids is 1. The first kappa shape index (κ1) is 18.7. The van der Waals surface area contributed by atoms with E-state index < -0.39 is 5.97 Å². The van der Waals surface area contributed by atoms with Crippen molar-refractivity contribution in [2.24, 2.45) is 0 Å². The van der Waals surface area contributed by atoms with E-state index in [4.69, 9.17) is 34.0 Å². The topological polar surface area (TPSA) is 89.1 Å². The van der Waals surface area contributed by atoms with E-state index in [0.717, 1.165) is 33.7 Å². The molecule has 0 radical (unpaired) electrons. The third kappa shape index (κ3) is 4.26. The summed E-state index contributed by atoms with van der Waals surface area (Å²) in [6, 6.07) is 9.47. The van der Waals surface area contributed by atoms with Crippen LogP contribution in [0.3, 0.4) is 0 Å². The third-order valence-corrected chi connectivity index (χ3v) is 4.16. The first-order chi connectivity index (χ1) is 11.8. The van der Waals surface area contributed by atoms with E-state index in [1.54, 1.807) is 6.07 Å². The van der Waals surface area contributed by atoms with Crippen molar-refractivity contribution in [3.63, 3.8) is 0 Å². The molecule has 0 saturated carbocycles. The summed E-state index contributed by atoms with van der Waals surface area (Å²) in [6.45, 7) is 4.98. The molecule has 7 heteroatoms. The summed E-state index contributed by atoms with van der Waals surface area (Å²) in [6.07, 6.45) is 2.30. The van der Waals surface area contributed by atoms with Crippen LogP contribution in [-0.4, -0.2) is 21.0 Å². The monoisotopic (exact) mass is 375 g/mol. The summed E-state index contributed by atoms with van der Waals surface area (Å²) in [4.78, 5) is 17.6. The van der Waals surface area contributed by atoms with Gasteiger partial charge in [0.15, 0.2) is 0 Å². The maximum absolute atomic E-state index is 9.25. The molecule has 0 unspecified atom stereocenters. The van der Waals surface area contributed by atoms with Gasteiger partial charge in [0.1, 0.15) is 12.1 Å². The summed E-state index contributed by atoms with van der Waals surface area (Å²) in [5, 5.41) is 9.48. The van der Waals surface area contributed by atoms with Crippen LogP contribution in [0.25, 0.3) is 22.0 Å².